The van der Waals surface area contributed by atoms with E-state index in [1.807, 2.05) is 86.6 Å². The third kappa shape index (κ3) is 7.35. The molecule has 0 bridgehead atoms. The van der Waals surface area contributed by atoms with Crippen molar-refractivity contribution in [2.24, 2.45) is 0 Å². The largest absolute Gasteiger partial charge is 0.493 e. The molecule has 3 aromatic rings. The van der Waals surface area contributed by atoms with Crippen molar-refractivity contribution >= 4 is 11.8 Å². The van der Waals surface area contributed by atoms with E-state index in [2.05, 4.69) is 5.32 Å². The van der Waals surface area contributed by atoms with Crippen LogP contribution >= 0.6 is 0 Å². The third-order valence-electron chi connectivity index (χ3n) is 6.17. The fourth-order valence-corrected chi connectivity index (χ4v) is 4.17. The van der Waals surface area contributed by atoms with Crippen LogP contribution in [0, 0.1) is 6.92 Å². The number of likely N-dealkylation sites (N-methyl/N-ethyl adjacent to an activating group) is 1. The van der Waals surface area contributed by atoms with Crippen LogP contribution in [0.4, 0.5) is 0 Å². The van der Waals surface area contributed by atoms with Gasteiger partial charge < -0.3 is 19.7 Å². The van der Waals surface area contributed by atoms with E-state index in [4.69, 9.17) is 9.47 Å². The van der Waals surface area contributed by atoms with Crippen molar-refractivity contribution in [1.82, 2.24) is 10.2 Å². The van der Waals surface area contributed by atoms with E-state index >= 15 is 0 Å². The molecule has 0 radical (unpaired) electrons. The van der Waals surface area contributed by atoms with Crippen LogP contribution in [0.3, 0.4) is 0 Å². The molecule has 1 N–H and O–H groups in total. The minimum atomic E-state index is -0.619. The SMILES string of the molecule is CCNC(=O)C(Cc1ccccc1)N(Cc1ccc(C)cc1)C(=O)CCc1ccc(OC)c(OC)c1. The maximum Gasteiger partial charge on any atom is 0.243 e. The summed E-state index contributed by atoms with van der Waals surface area (Å²) in [5, 5.41) is 2.93. The zero-order valence-corrected chi connectivity index (χ0v) is 21.6. The lowest BCUT2D eigenvalue weighted by Crippen LogP contribution is -2.50. The van der Waals surface area contributed by atoms with Gasteiger partial charge >= 0.3 is 0 Å². The Hall–Kier alpha value is -3.80. The zero-order valence-electron chi connectivity index (χ0n) is 21.6. The van der Waals surface area contributed by atoms with Crippen molar-refractivity contribution in [2.45, 2.75) is 45.7 Å². The van der Waals surface area contributed by atoms with Crippen molar-refractivity contribution in [3.8, 4) is 11.5 Å². The first kappa shape index (κ1) is 26.8. The van der Waals surface area contributed by atoms with Gasteiger partial charge in [-0.05, 0) is 49.1 Å². The Bertz CT molecular complexity index is 1130. The minimum absolute atomic E-state index is 0.0717. The molecule has 0 aliphatic heterocycles. The summed E-state index contributed by atoms with van der Waals surface area (Å²) < 4.78 is 10.7. The summed E-state index contributed by atoms with van der Waals surface area (Å²) in [5.74, 6) is 1.06. The quantitative estimate of drug-likeness (QED) is 0.401. The van der Waals surface area contributed by atoms with Crippen molar-refractivity contribution in [2.75, 3.05) is 20.8 Å². The Morgan fingerprint density at radius 1 is 0.861 bits per heavy atom. The van der Waals surface area contributed by atoms with Gasteiger partial charge in [0.1, 0.15) is 6.04 Å². The molecular weight excluding hydrogens is 452 g/mol. The molecule has 0 spiro atoms. The topological polar surface area (TPSA) is 67.9 Å². The fraction of sp³-hybridized carbons (Fsp3) is 0.333. The number of aryl methyl sites for hydroxylation is 2. The molecular formula is C30H36N2O4. The fourth-order valence-electron chi connectivity index (χ4n) is 4.17. The number of hydrogen-bond donors (Lipinski definition) is 1. The highest BCUT2D eigenvalue weighted by molar-refractivity contribution is 5.88. The second-order valence-electron chi connectivity index (χ2n) is 8.80. The molecule has 3 aromatic carbocycles. The van der Waals surface area contributed by atoms with E-state index in [0.717, 1.165) is 22.3 Å². The first-order chi connectivity index (χ1) is 17.4. The third-order valence-corrected chi connectivity index (χ3v) is 6.17. The van der Waals surface area contributed by atoms with Crippen LogP contribution in [0.5, 0.6) is 11.5 Å². The summed E-state index contributed by atoms with van der Waals surface area (Å²) in [4.78, 5) is 28.7. The van der Waals surface area contributed by atoms with Gasteiger partial charge in [-0.1, -0.05) is 66.2 Å². The van der Waals surface area contributed by atoms with Crippen LogP contribution in [-0.4, -0.2) is 43.5 Å². The highest BCUT2D eigenvalue weighted by Crippen LogP contribution is 2.28. The smallest absolute Gasteiger partial charge is 0.243 e. The minimum Gasteiger partial charge on any atom is -0.493 e. The van der Waals surface area contributed by atoms with Crippen molar-refractivity contribution in [3.63, 3.8) is 0 Å². The van der Waals surface area contributed by atoms with Gasteiger partial charge in [-0.2, -0.15) is 0 Å². The summed E-state index contributed by atoms with van der Waals surface area (Å²) in [6.07, 6.45) is 1.24. The van der Waals surface area contributed by atoms with Gasteiger partial charge in [-0.25, -0.2) is 0 Å². The first-order valence-corrected chi connectivity index (χ1v) is 12.3. The molecule has 36 heavy (non-hydrogen) atoms. The lowest BCUT2D eigenvalue weighted by atomic mass is 10.0. The van der Waals surface area contributed by atoms with E-state index in [-0.39, 0.29) is 18.2 Å². The zero-order chi connectivity index (χ0) is 25.9. The standard InChI is InChI=1S/C30H36N2O4/c1-5-31-30(34)26(19-23-9-7-6-8-10-23)32(21-25-13-11-22(2)12-14-25)29(33)18-16-24-15-17-27(35-3)28(20-24)36-4/h6-15,17,20,26H,5,16,18-19,21H2,1-4H3,(H,31,34). The summed E-state index contributed by atoms with van der Waals surface area (Å²) >= 11 is 0. The molecule has 1 atom stereocenters. The first-order valence-electron chi connectivity index (χ1n) is 12.3. The van der Waals surface area contributed by atoms with Gasteiger partial charge in [0.15, 0.2) is 11.5 Å². The average Bonchev–Trinajstić information content (AvgIpc) is 2.90. The number of carbonyl (C=O) groups excluding carboxylic acids is 2. The number of amides is 2. The van der Waals surface area contributed by atoms with Crippen LogP contribution in [0.1, 0.15) is 35.6 Å². The molecule has 6 heteroatoms. The van der Waals surface area contributed by atoms with Gasteiger partial charge in [-0.3, -0.25) is 9.59 Å². The molecule has 3 rings (SSSR count). The number of nitrogens with one attached hydrogen (secondary N) is 1. The van der Waals surface area contributed by atoms with E-state index in [0.29, 0.717) is 37.4 Å². The normalized spacial score (nSPS) is 11.4. The van der Waals surface area contributed by atoms with Crippen LogP contribution < -0.4 is 14.8 Å². The highest BCUT2D eigenvalue weighted by Gasteiger charge is 2.30. The Balaban J connectivity index is 1.87. The second kappa shape index (κ2) is 13.3. The van der Waals surface area contributed by atoms with Crippen LogP contribution in [0.2, 0.25) is 0 Å². The number of ether oxygens (including phenoxy) is 2. The van der Waals surface area contributed by atoms with Gasteiger partial charge in [0.05, 0.1) is 14.2 Å². The number of rotatable bonds is 12. The predicted octanol–water partition coefficient (Wildman–Crippen LogP) is 4.72. The van der Waals surface area contributed by atoms with Gasteiger partial charge in [0.2, 0.25) is 11.8 Å². The Kier molecular flexibility index (Phi) is 9.92. The lowest BCUT2D eigenvalue weighted by molar-refractivity contribution is -0.141. The summed E-state index contributed by atoms with van der Waals surface area (Å²) in [7, 11) is 3.19. The maximum atomic E-state index is 13.7. The Labute approximate surface area is 214 Å². The maximum absolute atomic E-state index is 13.7. The lowest BCUT2D eigenvalue weighted by Gasteiger charge is -2.31. The molecule has 0 aromatic heterocycles. The summed E-state index contributed by atoms with van der Waals surface area (Å²) in [5.41, 5.74) is 4.11. The molecule has 2 amide bonds. The number of benzene rings is 3. The molecule has 0 fully saturated rings. The van der Waals surface area contributed by atoms with Crippen molar-refractivity contribution < 1.29 is 19.1 Å². The molecule has 190 valence electrons. The molecule has 6 nitrogen and oxygen atoms in total. The highest BCUT2D eigenvalue weighted by atomic mass is 16.5. The molecule has 1 unspecified atom stereocenters. The Morgan fingerprint density at radius 2 is 1.53 bits per heavy atom. The molecule has 0 aliphatic carbocycles. The predicted molar refractivity (Wildman–Crippen MR) is 142 cm³/mol. The average molecular weight is 489 g/mol. The van der Waals surface area contributed by atoms with E-state index in [1.54, 1.807) is 19.1 Å². The van der Waals surface area contributed by atoms with Crippen LogP contribution in [0.25, 0.3) is 0 Å². The molecule has 0 saturated heterocycles. The second-order valence-corrected chi connectivity index (χ2v) is 8.80. The number of carbonyl (C=O) groups is 2. The van der Waals surface area contributed by atoms with E-state index < -0.39 is 6.04 Å². The summed E-state index contributed by atoms with van der Waals surface area (Å²) in [6, 6.07) is 23.0. The van der Waals surface area contributed by atoms with E-state index in [1.165, 1.54) is 0 Å². The number of hydrogen-bond acceptors (Lipinski definition) is 4. The number of methoxy groups -OCH3 is 2. The van der Waals surface area contributed by atoms with Gasteiger partial charge in [-0.15, -0.1) is 0 Å². The van der Waals surface area contributed by atoms with Gasteiger partial charge in [0.25, 0.3) is 0 Å². The van der Waals surface area contributed by atoms with Crippen LogP contribution in [-0.2, 0) is 29.0 Å². The van der Waals surface area contributed by atoms with Gasteiger partial charge in [0, 0.05) is 25.9 Å². The molecule has 0 aliphatic rings. The Morgan fingerprint density at radius 3 is 2.17 bits per heavy atom. The summed E-state index contributed by atoms with van der Waals surface area (Å²) in [6.45, 7) is 4.78. The van der Waals surface area contributed by atoms with Crippen LogP contribution in [0.15, 0.2) is 72.8 Å². The monoisotopic (exact) mass is 488 g/mol. The van der Waals surface area contributed by atoms with E-state index in [9.17, 15) is 9.59 Å². The number of nitrogens with zero attached hydrogens (tertiary/aromatic N) is 1. The molecule has 0 saturated carbocycles. The van der Waals surface area contributed by atoms with Crippen molar-refractivity contribution in [3.05, 3.63) is 95.1 Å². The molecule has 0 heterocycles. The van der Waals surface area contributed by atoms with Crippen molar-refractivity contribution in [1.29, 1.82) is 0 Å².